The first-order valence-corrected chi connectivity index (χ1v) is 8.73. The number of anilines is 2. The second kappa shape index (κ2) is 6.63. The van der Waals surface area contributed by atoms with Gasteiger partial charge in [-0.15, -0.1) is 0 Å². The summed E-state index contributed by atoms with van der Waals surface area (Å²) in [6.07, 6.45) is 2.58. The van der Waals surface area contributed by atoms with Crippen LogP contribution in [0.5, 0.6) is 0 Å². The van der Waals surface area contributed by atoms with Gasteiger partial charge < -0.3 is 9.80 Å². The fourth-order valence-electron chi connectivity index (χ4n) is 3.49. The molecule has 6 heteroatoms. The first-order chi connectivity index (χ1) is 12.6. The topological polar surface area (TPSA) is 57.9 Å². The van der Waals surface area contributed by atoms with Crippen LogP contribution in [-0.2, 0) is 11.3 Å². The van der Waals surface area contributed by atoms with Crippen LogP contribution in [0, 0.1) is 0 Å². The van der Waals surface area contributed by atoms with Gasteiger partial charge in [-0.2, -0.15) is 0 Å². The molecule has 0 aliphatic carbocycles. The summed E-state index contributed by atoms with van der Waals surface area (Å²) >= 11 is 0. The van der Waals surface area contributed by atoms with Crippen LogP contribution in [0.4, 0.5) is 11.4 Å². The van der Waals surface area contributed by atoms with Crippen LogP contribution >= 0.6 is 0 Å². The van der Waals surface area contributed by atoms with Gasteiger partial charge in [0.15, 0.2) is 0 Å². The van der Waals surface area contributed by atoms with E-state index in [1.807, 2.05) is 47.4 Å². The van der Waals surface area contributed by atoms with Crippen molar-refractivity contribution in [3.63, 3.8) is 0 Å². The normalized spacial score (nSPS) is 14.2. The smallest absolute Gasteiger partial charge is 0.258 e. The molecular weight excluding hydrogens is 328 g/mol. The Morgan fingerprint density at radius 3 is 2.65 bits per heavy atom. The van der Waals surface area contributed by atoms with E-state index in [0.717, 1.165) is 30.0 Å². The predicted molar refractivity (Wildman–Crippen MR) is 102 cm³/mol. The number of nitrogens with zero attached hydrogens (tertiary/aromatic N) is 4. The van der Waals surface area contributed by atoms with Gasteiger partial charge in [-0.3, -0.25) is 14.0 Å². The van der Waals surface area contributed by atoms with Crippen LogP contribution in [0.15, 0.2) is 59.5 Å². The monoisotopic (exact) mass is 348 g/mol. The summed E-state index contributed by atoms with van der Waals surface area (Å²) in [5, 5.41) is 0. The highest BCUT2D eigenvalue weighted by molar-refractivity contribution is 5.95. The van der Waals surface area contributed by atoms with Gasteiger partial charge in [-0.05, 0) is 30.7 Å². The number of para-hydroxylation sites is 2. The Hall–Kier alpha value is -3.15. The summed E-state index contributed by atoms with van der Waals surface area (Å²) in [5.74, 6) is 0.0429. The Morgan fingerprint density at radius 2 is 1.85 bits per heavy atom. The summed E-state index contributed by atoms with van der Waals surface area (Å²) in [6.45, 7) is 3.62. The van der Waals surface area contributed by atoms with Crippen molar-refractivity contribution in [1.82, 2.24) is 9.38 Å². The van der Waals surface area contributed by atoms with E-state index in [9.17, 15) is 9.59 Å². The Kier molecular flexibility index (Phi) is 4.16. The zero-order valence-corrected chi connectivity index (χ0v) is 14.6. The molecule has 2 aromatic heterocycles. The van der Waals surface area contributed by atoms with Gasteiger partial charge in [-0.25, -0.2) is 4.98 Å². The molecule has 4 rings (SSSR count). The van der Waals surface area contributed by atoms with Crippen molar-refractivity contribution in [2.24, 2.45) is 0 Å². The zero-order chi connectivity index (χ0) is 18.1. The predicted octanol–water partition coefficient (Wildman–Crippen LogP) is 2.46. The molecule has 0 N–H and O–H groups in total. The molecule has 0 bridgehead atoms. The Morgan fingerprint density at radius 1 is 1.08 bits per heavy atom. The molecule has 0 saturated carbocycles. The molecule has 0 spiro atoms. The van der Waals surface area contributed by atoms with Crippen LogP contribution in [0.3, 0.4) is 0 Å². The minimum absolute atomic E-state index is 0.0429. The molecule has 0 fully saturated rings. The average Bonchev–Trinajstić information content (AvgIpc) is 2.82. The number of carbonyl (C=O) groups is 1. The van der Waals surface area contributed by atoms with Crippen LogP contribution in [0.2, 0.25) is 0 Å². The van der Waals surface area contributed by atoms with Crippen LogP contribution in [-0.4, -0.2) is 28.4 Å². The van der Waals surface area contributed by atoms with Gasteiger partial charge in [-0.1, -0.05) is 18.2 Å². The molecule has 0 atom stereocenters. The van der Waals surface area contributed by atoms with Gasteiger partial charge in [0.2, 0.25) is 5.91 Å². The standard InChI is InChI=1S/C20H20N4O2/c1-15(25)23-12-6-10-22(17-7-2-3-8-18(17)23)14-16-13-20(26)24-11-5-4-9-19(24)21-16/h2-5,7-9,11,13H,6,10,12,14H2,1H3. The van der Waals surface area contributed by atoms with Crippen LogP contribution < -0.4 is 15.4 Å². The molecule has 1 aliphatic rings. The number of aromatic nitrogens is 2. The molecule has 1 amide bonds. The number of hydrogen-bond donors (Lipinski definition) is 0. The number of carbonyl (C=O) groups excluding carboxylic acids is 1. The molecular formula is C20H20N4O2. The minimum Gasteiger partial charge on any atom is -0.364 e. The summed E-state index contributed by atoms with van der Waals surface area (Å²) in [6, 6.07) is 15.0. The molecule has 1 aromatic carbocycles. The highest BCUT2D eigenvalue weighted by atomic mass is 16.2. The largest absolute Gasteiger partial charge is 0.364 e. The van der Waals surface area contributed by atoms with E-state index in [1.165, 1.54) is 4.40 Å². The number of pyridine rings is 1. The van der Waals surface area contributed by atoms with Crippen molar-refractivity contribution in [1.29, 1.82) is 0 Å². The highest BCUT2D eigenvalue weighted by Gasteiger charge is 2.23. The lowest BCUT2D eigenvalue weighted by Crippen LogP contribution is -2.28. The molecule has 26 heavy (non-hydrogen) atoms. The quantitative estimate of drug-likeness (QED) is 0.714. The second-order valence-corrected chi connectivity index (χ2v) is 6.45. The molecule has 0 unspecified atom stereocenters. The van der Waals surface area contributed by atoms with Crippen molar-refractivity contribution in [2.45, 2.75) is 19.9 Å². The molecule has 3 heterocycles. The first-order valence-electron chi connectivity index (χ1n) is 8.73. The Bertz CT molecular complexity index is 1030. The lowest BCUT2D eigenvalue weighted by atomic mass is 10.2. The van der Waals surface area contributed by atoms with Crippen LogP contribution in [0.25, 0.3) is 5.65 Å². The van der Waals surface area contributed by atoms with Crippen molar-refractivity contribution in [2.75, 3.05) is 22.9 Å². The summed E-state index contributed by atoms with van der Waals surface area (Å²) in [5.41, 5.74) is 3.19. The summed E-state index contributed by atoms with van der Waals surface area (Å²) in [7, 11) is 0. The van der Waals surface area contributed by atoms with E-state index < -0.39 is 0 Å². The molecule has 3 aromatic rings. The van der Waals surface area contributed by atoms with Crippen LogP contribution in [0.1, 0.15) is 19.0 Å². The van der Waals surface area contributed by atoms with E-state index in [1.54, 1.807) is 19.2 Å². The minimum atomic E-state index is -0.0842. The van der Waals surface area contributed by atoms with Gasteiger partial charge in [0.05, 0.1) is 23.6 Å². The zero-order valence-electron chi connectivity index (χ0n) is 14.6. The lowest BCUT2D eigenvalue weighted by Gasteiger charge is -2.26. The molecule has 0 radical (unpaired) electrons. The van der Waals surface area contributed by atoms with Crippen molar-refractivity contribution < 1.29 is 4.79 Å². The Labute approximate surface area is 151 Å². The second-order valence-electron chi connectivity index (χ2n) is 6.45. The highest BCUT2D eigenvalue weighted by Crippen LogP contribution is 2.32. The van der Waals surface area contributed by atoms with E-state index in [0.29, 0.717) is 18.7 Å². The summed E-state index contributed by atoms with van der Waals surface area (Å²) in [4.78, 5) is 33.0. The van der Waals surface area contributed by atoms with Gasteiger partial charge >= 0.3 is 0 Å². The Balaban J connectivity index is 1.73. The van der Waals surface area contributed by atoms with E-state index in [-0.39, 0.29) is 11.5 Å². The number of fused-ring (bicyclic) bond motifs is 2. The SMILES string of the molecule is CC(=O)N1CCCN(Cc2cc(=O)n3ccccc3n2)c2ccccc21. The van der Waals surface area contributed by atoms with E-state index in [2.05, 4.69) is 9.88 Å². The van der Waals surface area contributed by atoms with Gasteiger partial charge in [0, 0.05) is 32.3 Å². The maximum absolute atomic E-state index is 12.3. The lowest BCUT2D eigenvalue weighted by molar-refractivity contribution is -0.116. The average molecular weight is 348 g/mol. The number of amides is 1. The maximum Gasteiger partial charge on any atom is 0.258 e. The first kappa shape index (κ1) is 16.3. The molecule has 0 saturated heterocycles. The molecule has 6 nitrogen and oxygen atoms in total. The van der Waals surface area contributed by atoms with Crippen molar-refractivity contribution in [3.05, 3.63) is 70.8 Å². The molecule has 1 aliphatic heterocycles. The number of rotatable bonds is 2. The maximum atomic E-state index is 12.3. The van der Waals surface area contributed by atoms with Crippen molar-refractivity contribution in [3.8, 4) is 0 Å². The van der Waals surface area contributed by atoms with E-state index in [4.69, 9.17) is 0 Å². The van der Waals surface area contributed by atoms with Gasteiger partial charge in [0.25, 0.3) is 5.56 Å². The van der Waals surface area contributed by atoms with E-state index >= 15 is 0 Å². The third-order valence-corrected chi connectivity index (χ3v) is 4.68. The third kappa shape index (κ3) is 2.94. The summed E-state index contributed by atoms with van der Waals surface area (Å²) < 4.78 is 1.54. The van der Waals surface area contributed by atoms with Crippen molar-refractivity contribution >= 4 is 22.9 Å². The fraction of sp³-hybridized carbons (Fsp3) is 0.250. The third-order valence-electron chi connectivity index (χ3n) is 4.68. The van der Waals surface area contributed by atoms with Gasteiger partial charge in [0.1, 0.15) is 5.65 Å². The fourth-order valence-corrected chi connectivity index (χ4v) is 3.49. The molecule has 132 valence electrons. The number of hydrogen-bond acceptors (Lipinski definition) is 4. The number of benzene rings is 1.